The van der Waals surface area contributed by atoms with Crippen LogP contribution in [-0.2, 0) is 0 Å². The van der Waals surface area contributed by atoms with Crippen LogP contribution in [0.3, 0.4) is 0 Å². The first-order chi connectivity index (χ1) is 13.1. The summed E-state index contributed by atoms with van der Waals surface area (Å²) in [5.41, 5.74) is 0.155. The van der Waals surface area contributed by atoms with Crippen molar-refractivity contribution < 1.29 is 13.2 Å². The summed E-state index contributed by atoms with van der Waals surface area (Å²) in [5, 5.41) is 0. The number of hydrogen-bond donors (Lipinski definition) is 0. The Morgan fingerprint density at radius 2 is 1.44 bits per heavy atom. The van der Waals surface area contributed by atoms with Crippen molar-refractivity contribution in [2.24, 2.45) is 23.7 Å². The summed E-state index contributed by atoms with van der Waals surface area (Å²) in [4.78, 5) is 0. The summed E-state index contributed by atoms with van der Waals surface area (Å²) in [7, 11) is 0. The van der Waals surface area contributed by atoms with Crippen LogP contribution in [-0.4, -0.2) is 0 Å². The van der Waals surface area contributed by atoms with Crippen LogP contribution in [0.25, 0.3) is 0 Å². The molecule has 0 aromatic heterocycles. The Morgan fingerprint density at radius 3 is 2.00 bits per heavy atom. The van der Waals surface area contributed by atoms with Gasteiger partial charge in [-0.15, -0.1) is 0 Å². The molecular formula is C24H29F3. The molecule has 146 valence electrons. The molecule has 3 heteroatoms. The van der Waals surface area contributed by atoms with E-state index in [4.69, 9.17) is 0 Å². The Hall–Kier alpha value is -1.69. The van der Waals surface area contributed by atoms with Crippen LogP contribution in [0.2, 0.25) is 0 Å². The molecule has 1 aromatic rings. The predicted molar refractivity (Wildman–Crippen MR) is 104 cm³/mol. The maximum atomic E-state index is 13.2. The van der Waals surface area contributed by atoms with Crippen molar-refractivity contribution in [2.45, 2.75) is 64.7 Å². The van der Waals surface area contributed by atoms with Crippen LogP contribution in [0.15, 0.2) is 24.3 Å². The third-order valence-electron chi connectivity index (χ3n) is 6.60. The van der Waals surface area contributed by atoms with Gasteiger partial charge < -0.3 is 0 Å². The number of rotatable bonds is 3. The zero-order valence-corrected chi connectivity index (χ0v) is 16.1. The lowest BCUT2D eigenvalue weighted by molar-refractivity contribution is 0.154. The molecular weight excluding hydrogens is 345 g/mol. The van der Waals surface area contributed by atoms with E-state index in [1.165, 1.54) is 57.8 Å². The van der Waals surface area contributed by atoms with Crippen molar-refractivity contribution in [1.29, 1.82) is 0 Å². The second-order valence-electron chi connectivity index (χ2n) is 8.25. The van der Waals surface area contributed by atoms with Gasteiger partial charge in [0.15, 0.2) is 17.5 Å². The highest BCUT2D eigenvalue weighted by atomic mass is 19.2. The Bertz CT molecular complexity index is 686. The molecule has 2 aliphatic rings. The molecule has 0 spiro atoms. The largest absolute Gasteiger partial charge is 0.204 e. The summed E-state index contributed by atoms with van der Waals surface area (Å²) < 4.78 is 39.3. The third kappa shape index (κ3) is 5.41. The summed E-state index contributed by atoms with van der Waals surface area (Å²) >= 11 is 0. The van der Waals surface area contributed by atoms with Gasteiger partial charge in [0.25, 0.3) is 0 Å². The van der Waals surface area contributed by atoms with Crippen LogP contribution in [0.1, 0.15) is 70.3 Å². The molecule has 0 bridgehead atoms. The van der Waals surface area contributed by atoms with Crippen LogP contribution in [0.4, 0.5) is 13.2 Å². The topological polar surface area (TPSA) is 0 Å². The normalized spacial score (nSPS) is 28.7. The quantitative estimate of drug-likeness (QED) is 0.393. The van der Waals surface area contributed by atoms with Crippen molar-refractivity contribution in [3.05, 3.63) is 47.3 Å². The Kier molecular flexibility index (Phi) is 7.05. The second kappa shape index (κ2) is 9.49. The molecule has 0 atom stereocenters. The first-order valence-corrected chi connectivity index (χ1v) is 10.4. The lowest BCUT2D eigenvalue weighted by Gasteiger charge is -2.37. The van der Waals surface area contributed by atoms with Crippen LogP contribution >= 0.6 is 0 Å². The molecule has 2 fully saturated rings. The van der Waals surface area contributed by atoms with E-state index in [1.807, 2.05) is 0 Å². The number of halogens is 3. The minimum atomic E-state index is -1.45. The first-order valence-electron chi connectivity index (χ1n) is 10.4. The standard InChI is InChI=1S/C24H29F3/c1-2-17-7-11-20(12-8-17)21-13-9-18(10-14-21)5-3-4-6-19-15-22(25)24(27)23(26)16-19/h3,5,15-18,20-21H,2,7-14H2,1H3/b5-3+. The molecule has 0 unspecified atom stereocenters. The van der Waals surface area contributed by atoms with Gasteiger partial charge >= 0.3 is 0 Å². The Balaban J connectivity index is 1.46. The van der Waals surface area contributed by atoms with E-state index >= 15 is 0 Å². The highest BCUT2D eigenvalue weighted by molar-refractivity contribution is 5.37. The lowest BCUT2D eigenvalue weighted by Crippen LogP contribution is -2.25. The van der Waals surface area contributed by atoms with Crippen molar-refractivity contribution in [3.63, 3.8) is 0 Å². The molecule has 0 N–H and O–H groups in total. The van der Waals surface area contributed by atoms with E-state index in [0.717, 1.165) is 29.9 Å². The average Bonchev–Trinajstić information content (AvgIpc) is 2.70. The molecule has 0 saturated heterocycles. The molecule has 0 amide bonds. The van der Waals surface area contributed by atoms with Crippen LogP contribution in [0, 0.1) is 53.0 Å². The zero-order valence-electron chi connectivity index (χ0n) is 16.1. The third-order valence-corrected chi connectivity index (χ3v) is 6.60. The molecule has 1 aromatic carbocycles. The zero-order chi connectivity index (χ0) is 19.2. The smallest absolute Gasteiger partial charge is 0.194 e. The minimum absolute atomic E-state index is 0.155. The molecule has 2 saturated carbocycles. The monoisotopic (exact) mass is 374 g/mol. The van der Waals surface area contributed by atoms with Gasteiger partial charge in [0.2, 0.25) is 0 Å². The van der Waals surface area contributed by atoms with Crippen LogP contribution < -0.4 is 0 Å². The predicted octanol–water partition coefficient (Wildman–Crippen LogP) is 7.03. The fourth-order valence-corrected chi connectivity index (χ4v) is 4.81. The summed E-state index contributed by atoms with van der Waals surface area (Å²) in [6.45, 7) is 2.31. The van der Waals surface area contributed by atoms with E-state index in [9.17, 15) is 13.2 Å². The molecule has 27 heavy (non-hydrogen) atoms. The maximum Gasteiger partial charge on any atom is 0.194 e. The van der Waals surface area contributed by atoms with Gasteiger partial charge in [0, 0.05) is 5.56 Å². The fraction of sp³-hybridized carbons (Fsp3) is 0.583. The van der Waals surface area contributed by atoms with Crippen molar-refractivity contribution in [2.75, 3.05) is 0 Å². The van der Waals surface area contributed by atoms with E-state index in [0.29, 0.717) is 5.92 Å². The molecule has 2 aliphatic carbocycles. The molecule has 0 aliphatic heterocycles. The fourth-order valence-electron chi connectivity index (χ4n) is 4.81. The Morgan fingerprint density at radius 1 is 0.889 bits per heavy atom. The van der Waals surface area contributed by atoms with Gasteiger partial charge in [-0.3, -0.25) is 0 Å². The average molecular weight is 374 g/mol. The molecule has 0 heterocycles. The van der Waals surface area contributed by atoms with E-state index in [1.54, 1.807) is 6.08 Å². The minimum Gasteiger partial charge on any atom is -0.204 e. The van der Waals surface area contributed by atoms with E-state index in [2.05, 4.69) is 24.8 Å². The number of hydrogen-bond acceptors (Lipinski definition) is 0. The van der Waals surface area contributed by atoms with Crippen molar-refractivity contribution in [3.8, 4) is 11.8 Å². The summed E-state index contributed by atoms with van der Waals surface area (Å²) in [6.07, 6.45) is 15.9. The molecule has 3 rings (SSSR count). The van der Waals surface area contributed by atoms with Crippen molar-refractivity contribution >= 4 is 0 Å². The van der Waals surface area contributed by atoms with Gasteiger partial charge in [-0.1, -0.05) is 44.1 Å². The van der Waals surface area contributed by atoms with Gasteiger partial charge in [-0.05, 0) is 80.4 Å². The maximum absolute atomic E-state index is 13.2. The summed E-state index contributed by atoms with van der Waals surface area (Å²) in [5.74, 6) is 4.98. The van der Waals surface area contributed by atoms with E-state index in [-0.39, 0.29) is 5.56 Å². The number of allylic oxidation sites excluding steroid dienone is 2. The molecule has 0 nitrogen and oxygen atoms in total. The van der Waals surface area contributed by atoms with Crippen molar-refractivity contribution in [1.82, 2.24) is 0 Å². The molecule has 0 radical (unpaired) electrons. The van der Waals surface area contributed by atoms with Gasteiger partial charge in [0.1, 0.15) is 0 Å². The van der Waals surface area contributed by atoms with E-state index < -0.39 is 17.5 Å². The second-order valence-corrected chi connectivity index (χ2v) is 8.25. The van der Waals surface area contributed by atoms with Gasteiger partial charge in [0.05, 0.1) is 0 Å². The highest BCUT2D eigenvalue weighted by Crippen LogP contribution is 2.42. The van der Waals surface area contributed by atoms with Crippen LogP contribution in [0.5, 0.6) is 0 Å². The lowest BCUT2D eigenvalue weighted by atomic mass is 9.69. The SMILES string of the molecule is CCC1CCC(C2CCC(/C=C/C#Cc3cc(F)c(F)c(F)c3)CC2)CC1. The highest BCUT2D eigenvalue weighted by Gasteiger charge is 2.29. The first kappa shape index (κ1) is 20.1. The summed E-state index contributed by atoms with van der Waals surface area (Å²) in [6, 6.07) is 1.86. The van der Waals surface area contributed by atoms with Gasteiger partial charge in [-0.25, -0.2) is 13.2 Å². The van der Waals surface area contributed by atoms with Gasteiger partial charge in [-0.2, -0.15) is 0 Å². The number of benzene rings is 1. The Labute approximate surface area is 161 Å².